The minimum absolute atomic E-state index is 0.134. The molecule has 1 aromatic rings. The number of halogens is 3. The number of aliphatic hydroxyl groups is 1. The van der Waals surface area contributed by atoms with E-state index in [1.807, 2.05) is 6.92 Å². The molecule has 0 saturated heterocycles. The Morgan fingerprint density at radius 2 is 1.89 bits per heavy atom. The van der Waals surface area contributed by atoms with E-state index in [0.29, 0.717) is 6.42 Å². The molecule has 1 rings (SSSR count). The lowest BCUT2D eigenvalue weighted by Gasteiger charge is -2.24. The van der Waals surface area contributed by atoms with E-state index in [2.05, 4.69) is 0 Å². The number of rotatable bonds is 5. The second-order valence-corrected chi connectivity index (χ2v) is 4.09. The van der Waals surface area contributed by atoms with Crippen molar-refractivity contribution in [3.8, 4) is 0 Å². The van der Waals surface area contributed by atoms with Crippen molar-refractivity contribution in [2.75, 3.05) is 7.11 Å². The summed E-state index contributed by atoms with van der Waals surface area (Å²) in [5.41, 5.74) is -0.944. The highest BCUT2D eigenvalue weighted by Crippen LogP contribution is 2.36. The van der Waals surface area contributed by atoms with Crippen LogP contribution in [-0.4, -0.2) is 18.3 Å². The minimum atomic E-state index is -4.47. The van der Waals surface area contributed by atoms with Crippen LogP contribution in [0.1, 0.15) is 37.0 Å². The number of hydrogen-bond donors (Lipinski definition) is 1. The summed E-state index contributed by atoms with van der Waals surface area (Å²) in [4.78, 5) is 0. The number of hydrogen-bond acceptors (Lipinski definition) is 2. The zero-order valence-electron chi connectivity index (χ0n) is 10.4. The molecule has 0 aliphatic rings. The average molecular weight is 262 g/mol. The van der Waals surface area contributed by atoms with Gasteiger partial charge in [0.25, 0.3) is 0 Å². The molecule has 5 heteroatoms. The van der Waals surface area contributed by atoms with Crippen molar-refractivity contribution in [3.05, 3.63) is 35.4 Å². The van der Waals surface area contributed by atoms with Gasteiger partial charge in [-0.05, 0) is 18.1 Å². The number of ether oxygens (including phenoxy) is 1. The Bertz CT molecular complexity index is 377. The SMILES string of the molecule is CCCC(OC)C(O)c1ccccc1C(F)(F)F. The van der Waals surface area contributed by atoms with E-state index in [4.69, 9.17) is 4.74 Å². The predicted molar refractivity (Wildman–Crippen MR) is 62.1 cm³/mol. The zero-order valence-corrected chi connectivity index (χ0v) is 10.4. The first-order valence-corrected chi connectivity index (χ1v) is 5.78. The third kappa shape index (κ3) is 3.46. The van der Waals surface area contributed by atoms with Crippen LogP contribution in [-0.2, 0) is 10.9 Å². The predicted octanol–water partition coefficient (Wildman–Crippen LogP) is 3.55. The summed E-state index contributed by atoms with van der Waals surface area (Å²) >= 11 is 0. The summed E-state index contributed by atoms with van der Waals surface area (Å²) in [5, 5.41) is 10.0. The molecule has 1 N–H and O–H groups in total. The van der Waals surface area contributed by atoms with Gasteiger partial charge in [-0.2, -0.15) is 13.2 Å². The van der Waals surface area contributed by atoms with Gasteiger partial charge in [0.05, 0.1) is 11.7 Å². The van der Waals surface area contributed by atoms with Gasteiger partial charge in [0.1, 0.15) is 6.10 Å². The Balaban J connectivity index is 3.08. The molecule has 0 aliphatic heterocycles. The van der Waals surface area contributed by atoms with Gasteiger partial charge in [0.15, 0.2) is 0 Å². The lowest BCUT2D eigenvalue weighted by atomic mass is 9.96. The second-order valence-electron chi connectivity index (χ2n) is 4.09. The van der Waals surface area contributed by atoms with Gasteiger partial charge in [0.2, 0.25) is 0 Å². The lowest BCUT2D eigenvalue weighted by Crippen LogP contribution is -2.23. The molecule has 0 aliphatic carbocycles. The van der Waals surface area contributed by atoms with Crippen molar-refractivity contribution < 1.29 is 23.0 Å². The summed E-state index contributed by atoms with van der Waals surface area (Å²) < 4.78 is 43.5. The van der Waals surface area contributed by atoms with Crippen molar-refractivity contribution in [2.24, 2.45) is 0 Å². The third-order valence-corrected chi connectivity index (χ3v) is 2.81. The minimum Gasteiger partial charge on any atom is -0.386 e. The highest BCUT2D eigenvalue weighted by atomic mass is 19.4. The first-order valence-electron chi connectivity index (χ1n) is 5.78. The Hall–Kier alpha value is -1.07. The van der Waals surface area contributed by atoms with Gasteiger partial charge in [-0.15, -0.1) is 0 Å². The Morgan fingerprint density at radius 3 is 2.39 bits per heavy atom. The summed E-state index contributed by atoms with van der Waals surface area (Å²) in [6.45, 7) is 1.88. The number of methoxy groups -OCH3 is 1. The number of benzene rings is 1. The summed E-state index contributed by atoms with van der Waals surface area (Å²) in [6.07, 6.45) is -5.14. The molecular formula is C13H17F3O2. The van der Waals surface area contributed by atoms with Crippen molar-refractivity contribution in [1.29, 1.82) is 0 Å². The molecule has 1 aromatic carbocycles. The monoisotopic (exact) mass is 262 g/mol. The summed E-state index contributed by atoms with van der Waals surface area (Å²) in [6, 6.07) is 5.04. The van der Waals surface area contributed by atoms with Crippen LogP contribution in [0, 0.1) is 0 Å². The van der Waals surface area contributed by atoms with Crippen LogP contribution < -0.4 is 0 Å². The highest BCUT2D eigenvalue weighted by Gasteiger charge is 2.36. The maximum atomic E-state index is 12.8. The van der Waals surface area contributed by atoms with Crippen LogP contribution in [0.15, 0.2) is 24.3 Å². The van der Waals surface area contributed by atoms with Crippen molar-refractivity contribution >= 4 is 0 Å². The van der Waals surface area contributed by atoms with E-state index >= 15 is 0 Å². The van der Waals surface area contributed by atoms with Crippen LogP contribution in [0.3, 0.4) is 0 Å². The molecular weight excluding hydrogens is 245 g/mol. The lowest BCUT2D eigenvalue weighted by molar-refractivity contribution is -0.140. The average Bonchev–Trinajstić information content (AvgIpc) is 2.34. The smallest absolute Gasteiger partial charge is 0.386 e. The number of aliphatic hydroxyl groups excluding tert-OH is 1. The molecule has 2 nitrogen and oxygen atoms in total. The summed E-state index contributed by atoms with van der Waals surface area (Å²) in [5.74, 6) is 0. The highest BCUT2D eigenvalue weighted by molar-refractivity contribution is 5.32. The van der Waals surface area contributed by atoms with Crippen molar-refractivity contribution in [3.63, 3.8) is 0 Å². The molecule has 0 saturated carbocycles. The number of alkyl halides is 3. The van der Waals surface area contributed by atoms with E-state index < -0.39 is 23.9 Å². The van der Waals surface area contributed by atoms with E-state index in [1.54, 1.807) is 0 Å². The van der Waals surface area contributed by atoms with Gasteiger partial charge in [0, 0.05) is 7.11 Å². The first-order chi connectivity index (χ1) is 8.41. The zero-order chi connectivity index (χ0) is 13.8. The van der Waals surface area contributed by atoms with Crippen LogP contribution in [0.4, 0.5) is 13.2 Å². The maximum absolute atomic E-state index is 12.8. The van der Waals surface area contributed by atoms with Crippen LogP contribution in [0.2, 0.25) is 0 Å². The quantitative estimate of drug-likeness (QED) is 0.879. The second kappa shape index (κ2) is 6.20. The normalized spacial score (nSPS) is 15.4. The molecule has 0 bridgehead atoms. The van der Waals surface area contributed by atoms with Gasteiger partial charge in [-0.3, -0.25) is 0 Å². The fraction of sp³-hybridized carbons (Fsp3) is 0.538. The van der Waals surface area contributed by atoms with Crippen LogP contribution >= 0.6 is 0 Å². The topological polar surface area (TPSA) is 29.5 Å². The standard InChI is InChI=1S/C13H17F3O2/c1-3-6-11(18-2)12(17)9-7-4-5-8-10(9)13(14,15)16/h4-5,7-8,11-12,17H,3,6H2,1-2H3. The van der Waals surface area contributed by atoms with Crippen LogP contribution in [0.5, 0.6) is 0 Å². The van der Waals surface area contributed by atoms with E-state index in [0.717, 1.165) is 12.5 Å². The molecule has 0 amide bonds. The fourth-order valence-corrected chi connectivity index (χ4v) is 1.90. The molecule has 0 fully saturated rings. The molecule has 0 heterocycles. The largest absolute Gasteiger partial charge is 0.416 e. The van der Waals surface area contributed by atoms with E-state index in [-0.39, 0.29) is 5.56 Å². The van der Waals surface area contributed by atoms with Crippen LogP contribution in [0.25, 0.3) is 0 Å². The molecule has 0 spiro atoms. The fourth-order valence-electron chi connectivity index (χ4n) is 1.90. The van der Waals surface area contributed by atoms with E-state index in [1.165, 1.54) is 25.3 Å². The van der Waals surface area contributed by atoms with Gasteiger partial charge in [-0.25, -0.2) is 0 Å². The first kappa shape index (κ1) is 15.0. The third-order valence-electron chi connectivity index (χ3n) is 2.81. The molecule has 102 valence electrons. The Labute approximate surface area is 104 Å². The van der Waals surface area contributed by atoms with E-state index in [9.17, 15) is 18.3 Å². The molecule has 2 atom stereocenters. The Morgan fingerprint density at radius 1 is 1.28 bits per heavy atom. The molecule has 0 radical (unpaired) electrons. The molecule has 18 heavy (non-hydrogen) atoms. The van der Waals surface area contributed by atoms with Gasteiger partial charge < -0.3 is 9.84 Å². The maximum Gasteiger partial charge on any atom is 0.416 e. The van der Waals surface area contributed by atoms with Crippen molar-refractivity contribution in [1.82, 2.24) is 0 Å². The van der Waals surface area contributed by atoms with Gasteiger partial charge >= 0.3 is 6.18 Å². The van der Waals surface area contributed by atoms with Crippen molar-refractivity contribution in [2.45, 2.75) is 38.1 Å². The Kier molecular flexibility index (Phi) is 5.16. The molecule has 0 aromatic heterocycles. The van der Waals surface area contributed by atoms with Gasteiger partial charge in [-0.1, -0.05) is 31.5 Å². The molecule has 2 unspecified atom stereocenters. The summed E-state index contributed by atoms with van der Waals surface area (Å²) in [7, 11) is 1.39.